The number of hydrogen-bond acceptors (Lipinski definition) is 4. The van der Waals surface area contributed by atoms with E-state index < -0.39 is 10.2 Å². The van der Waals surface area contributed by atoms with Crippen LogP contribution in [-0.4, -0.2) is 71.3 Å². The van der Waals surface area contributed by atoms with E-state index in [9.17, 15) is 8.42 Å². The minimum atomic E-state index is -3.30. The average Bonchev–Trinajstić information content (AvgIpc) is 2.90. The van der Waals surface area contributed by atoms with Gasteiger partial charge < -0.3 is 4.57 Å². The molecule has 0 radical (unpaired) electrons. The molecular weight excluding hydrogens is 326 g/mol. The van der Waals surface area contributed by atoms with Gasteiger partial charge in [-0.3, -0.25) is 4.90 Å². The lowest BCUT2D eigenvalue weighted by Gasteiger charge is -2.35. The SMILES string of the molecule is CCN(C)S(=O)(=O)N1CCN(Cc2c(C)nc3n2CCCC3)CC1. The predicted octanol–water partition coefficient (Wildman–Crippen LogP) is 0.842. The normalized spacial score (nSPS) is 20.5. The molecule has 1 aromatic heterocycles. The van der Waals surface area contributed by atoms with Crippen LogP contribution < -0.4 is 0 Å². The quantitative estimate of drug-likeness (QED) is 0.785. The van der Waals surface area contributed by atoms with E-state index in [1.807, 2.05) is 6.92 Å². The lowest BCUT2D eigenvalue weighted by atomic mass is 10.1. The third kappa shape index (κ3) is 3.37. The smallest absolute Gasteiger partial charge is 0.281 e. The molecule has 8 heteroatoms. The molecule has 0 spiro atoms. The molecular formula is C16H29N5O2S. The Bertz CT molecular complexity index is 677. The maximum Gasteiger partial charge on any atom is 0.281 e. The number of nitrogens with zero attached hydrogens (tertiary/aromatic N) is 5. The third-order valence-electron chi connectivity index (χ3n) is 5.25. The molecule has 7 nitrogen and oxygen atoms in total. The van der Waals surface area contributed by atoms with Crippen molar-refractivity contribution in [3.63, 3.8) is 0 Å². The standard InChI is InChI=1S/C16H29N5O2S/c1-4-18(3)24(22,23)20-11-9-19(10-12-20)13-15-14(2)17-16-7-5-6-8-21(15)16/h4-13H2,1-3H3. The molecule has 0 bridgehead atoms. The second-order valence-corrected chi connectivity index (χ2v) is 8.80. The van der Waals surface area contributed by atoms with Crippen molar-refractivity contribution in [3.8, 4) is 0 Å². The van der Waals surface area contributed by atoms with Gasteiger partial charge in [-0.05, 0) is 19.8 Å². The van der Waals surface area contributed by atoms with Crippen LogP contribution >= 0.6 is 0 Å². The minimum absolute atomic E-state index is 0.504. The van der Waals surface area contributed by atoms with Crippen molar-refractivity contribution in [2.45, 2.75) is 46.2 Å². The molecule has 136 valence electrons. The zero-order valence-corrected chi connectivity index (χ0v) is 15.8. The summed E-state index contributed by atoms with van der Waals surface area (Å²) >= 11 is 0. The van der Waals surface area contributed by atoms with Gasteiger partial charge in [0.1, 0.15) is 5.82 Å². The molecule has 0 saturated carbocycles. The Morgan fingerprint density at radius 3 is 2.50 bits per heavy atom. The Morgan fingerprint density at radius 2 is 1.83 bits per heavy atom. The maximum atomic E-state index is 12.4. The molecule has 3 rings (SSSR count). The molecule has 0 N–H and O–H groups in total. The van der Waals surface area contributed by atoms with Gasteiger partial charge in [0.25, 0.3) is 10.2 Å². The van der Waals surface area contributed by atoms with Crippen molar-refractivity contribution >= 4 is 10.2 Å². The van der Waals surface area contributed by atoms with Gasteiger partial charge >= 0.3 is 0 Å². The van der Waals surface area contributed by atoms with Gasteiger partial charge in [-0.1, -0.05) is 6.92 Å². The van der Waals surface area contributed by atoms with E-state index in [2.05, 4.69) is 16.4 Å². The number of rotatable bonds is 5. The van der Waals surface area contributed by atoms with Crippen LogP contribution in [0.3, 0.4) is 0 Å². The van der Waals surface area contributed by atoms with Crippen molar-refractivity contribution in [3.05, 3.63) is 17.2 Å². The molecule has 0 aliphatic carbocycles. The number of imidazole rings is 1. The molecule has 0 unspecified atom stereocenters. The van der Waals surface area contributed by atoms with E-state index in [4.69, 9.17) is 4.98 Å². The Labute approximate surface area is 145 Å². The third-order valence-corrected chi connectivity index (χ3v) is 7.32. The van der Waals surface area contributed by atoms with Gasteiger partial charge in [0, 0.05) is 59.3 Å². The van der Waals surface area contributed by atoms with Gasteiger partial charge in [0.15, 0.2) is 0 Å². The fourth-order valence-corrected chi connectivity index (χ4v) is 4.91. The summed E-state index contributed by atoms with van der Waals surface area (Å²) in [6, 6.07) is 0. The summed E-state index contributed by atoms with van der Waals surface area (Å²) in [5, 5.41) is 0. The monoisotopic (exact) mass is 355 g/mol. The van der Waals surface area contributed by atoms with Crippen LogP contribution in [0.2, 0.25) is 0 Å². The molecule has 0 atom stereocenters. The van der Waals surface area contributed by atoms with Crippen molar-refractivity contribution in [1.29, 1.82) is 0 Å². The highest BCUT2D eigenvalue weighted by Gasteiger charge is 2.30. The first-order chi connectivity index (χ1) is 11.4. The summed E-state index contributed by atoms with van der Waals surface area (Å²) in [5.74, 6) is 1.22. The van der Waals surface area contributed by atoms with Gasteiger partial charge in [-0.25, -0.2) is 4.98 Å². The highest BCUT2D eigenvalue weighted by Crippen LogP contribution is 2.21. The molecule has 0 aromatic carbocycles. The van der Waals surface area contributed by atoms with Crippen molar-refractivity contribution in [1.82, 2.24) is 23.1 Å². The van der Waals surface area contributed by atoms with Crippen LogP contribution in [0.4, 0.5) is 0 Å². The van der Waals surface area contributed by atoms with Crippen LogP contribution in [0.15, 0.2) is 0 Å². The van der Waals surface area contributed by atoms with Gasteiger partial charge in [0.2, 0.25) is 0 Å². The zero-order valence-electron chi connectivity index (χ0n) is 15.0. The summed E-state index contributed by atoms with van der Waals surface area (Å²) in [6.07, 6.45) is 3.54. The number of fused-ring (bicyclic) bond motifs is 1. The van der Waals surface area contributed by atoms with Gasteiger partial charge in [-0.2, -0.15) is 17.0 Å². The fraction of sp³-hybridized carbons (Fsp3) is 0.812. The summed E-state index contributed by atoms with van der Waals surface area (Å²) in [6.45, 7) is 9.07. The first-order valence-corrected chi connectivity index (χ1v) is 10.3. The minimum Gasteiger partial charge on any atom is -0.331 e. The molecule has 3 heterocycles. The van der Waals surface area contributed by atoms with E-state index in [1.165, 1.54) is 28.7 Å². The Morgan fingerprint density at radius 1 is 1.12 bits per heavy atom. The summed E-state index contributed by atoms with van der Waals surface area (Å²) in [4.78, 5) is 7.08. The van der Waals surface area contributed by atoms with E-state index in [1.54, 1.807) is 11.4 Å². The highest BCUT2D eigenvalue weighted by molar-refractivity contribution is 7.86. The van der Waals surface area contributed by atoms with Gasteiger partial charge in [0.05, 0.1) is 11.4 Å². The van der Waals surface area contributed by atoms with Crippen LogP contribution in [0.5, 0.6) is 0 Å². The fourth-order valence-electron chi connectivity index (χ4n) is 3.57. The molecule has 2 aliphatic rings. The van der Waals surface area contributed by atoms with E-state index in [0.29, 0.717) is 19.6 Å². The Hall–Kier alpha value is -0.960. The predicted molar refractivity (Wildman–Crippen MR) is 94.0 cm³/mol. The lowest BCUT2D eigenvalue weighted by Crippen LogP contribution is -2.52. The molecule has 1 fully saturated rings. The molecule has 24 heavy (non-hydrogen) atoms. The van der Waals surface area contributed by atoms with Crippen molar-refractivity contribution in [2.24, 2.45) is 0 Å². The highest BCUT2D eigenvalue weighted by atomic mass is 32.2. The number of aromatic nitrogens is 2. The molecule has 1 aromatic rings. The van der Waals surface area contributed by atoms with E-state index >= 15 is 0 Å². The van der Waals surface area contributed by atoms with Gasteiger partial charge in [-0.15, -0.1) is 0 Å². The zero-order chi connectivity index (χ0) is 17.3. The van der Waals surface area contributed by atoms with Crippen molar-refractivity contribution < 1.29 is 8.42 Å². The van der Waals surface area contributed by atoms with Crippen molar-refractivity contribution in [2.75, 3.05) is 39.8 Å². The Kier molecular flexibility index (Phi) is 5.29. The molecule has 0 amide bonds. The summed E-state index contributed by atoms with van der Waals surface area (Å²) in [5.41, 5.74) is 2.44. The molecule has 2 aliphatic heterocycles. The van der Waals surface area contributed by atoms with Crippen LogP contribution in [0.1, 0.15) is 37.0 Å². The van der Waals surface area contributed by atoms with Crippen LogP contribution in [0, 0.1) is 6.92 Å². The number of piperazine rings is 1. The first kappa shape index (κ1) is 17.8. The van der Waals surface area contributed by atoms with Crippen LogP contribution in [0.25, 0.3) is 0 Å². The van der Waals surface area contributed by atoms with Crippen LogP contribution in [-0.2, 0) is 29.7 Å². The second-order valence-electron chi connectivity index (χ2n) is 6.77. The largest absolute Gasteiger partial charge is 0.331 e. The lowest BCUT2D eigenvalue weighted by molar-refractivity contribution is 0.172. The molecule has 1 saturated heterocycles. The van der Waals surface area contributed by atoms with E-state index in [0.717, 1.165) is 38.3 Å². The topological polar surface area (TPSA) is 61.7 Å². The number of aryl methyl sites for hydroxylation is 2. The Balaban J connectivity index is 1.63. The maximum absolute atomic E-state index is 12.4. The second kappa shape index (κ2) is 7.11. The number of hydrogen-bond donors (Lipinski definition) is 0. The average molecular weight is 356 g/mol. The van der Waals surface area contributed by atoms with E-state index in [-0.39, 0.29) is 0 Å². The first-order valence-electron chi connectivity index (χ1n) is 8.92. The summed E-state index contributed by atoms with van der Waals surface area (Å²) in [7, 11) is -1.66. The summed E-state index contributed by atoms with van der Waals surface area (Å²) < 4.78 is 30.2.